The highest BCUT2D eigenvalue weighted by Crippen LogP contribution is 2.39. The number of ether oxygens (including phenoxy) is 4. The number of carbonyl (C=O) groups is 1. The molecule has 1 aliphatic heterocycles. The lowest BCUT2D eigenvalue weighted by Gasteiger charge is -2.10. The third-order valence-electron chi connectivity index (χ3n) is 3.52. The summed E-state index contributed by atoms with van der Waals surface area (Å²) in [7, 11) is 2.97. The summed E-state index contributed by atoms with van der Waals surface area (Å²) in [6, 6.07) is 11.4. The van der Waals surface area contributed by atoms with Gasteiger partial charge in [0.05, 0.1) is 14.2 Å². The van der Waals surface area contributed by atoms with E-state index in [4.69, 9.17) is 14.2 Å². The van der Waals surface area contributed by atoms with Crippen LogP contribution in [0.4, 0.5) is 0 Å². The van der Waals surface area contributed by atoms with Gasteiger partial charge in [0.1, 0.15) is 5.75 Å². The van der Waals surface area contributed by atoms with Crippen molar-refractivity contribution in [1.82, 2.24) is 0 Å². The van der Waals surface area contributed by atoms with Gasteiger partial charge in [0, 0.05) is 11.6 Å². The average molecular weight is 312 g/mol. The minimum absolute atomic E-state index is 0.234. The van der Waals surface area contributed by atoms with E-state index < -0.39 is 5.97 Å². The SMILES string of the molecule is COC(=O)/C=C/c1ccc(OC)c(-c2ccc3c(c2)OCO3)c1. The Hall–Kier alpha value is -2.95. The van der Waals surface area contributed by atoms with Crippen LogP contribution in [-0.4, -0.2) is 27.0 Å². The summed E-state index contributed by atoms with van der Waals surface area (Å²) < 4.78 is 20.8. The highest BCUT2D eigenvalue weighted by Gasteiger charge is 2.15. The smallest absolute Gasteiger partial charge is 0.330 e. The van der Waals surface area contributed by atoms with Gasteiger partial charge in [-0.15, -0.1) is 0 Å². The summed E-state index contributed by atoms with van der Waals surface area (Å²) in [5.41, 5.74) is 2.71. The number of fused-ring (bicyclic) bond motifs is 1. The van der Waals surface area contributed by atoms with Crippen LogP contribution in [0.1, 0.15) is 5.56 Å². The number of rotatable bonds is 4. The van der Waals surface area contributed by atoms with Gasteiger partial charge in [0.15, 0.2) is 11.5 Å². The quantitative estimate of drug-likeness (QED) is 0.640. The van der Waals surface area contributed by atoms with Crippen molar-refractivity contribution in [2.45, 2.75) is 0 Å². The van der Waals surface area contributed by atoms with E-state index in [1.54, 1.807) is 13.2 Å². The minimum Gasteiger partial charge on any atom is -0.496 e. The number of hydrogen-bond acceptors (Lipinski definition) is 5. The molecule has 0 N–H and O–H groups in total. The van der Waals surface area contributed by atoms with Crippen molar-refractivity contribution in [3.05, 3.63) is 48.0 Å². The number of methoxy groups -OCH3 is 2. The molecule has 118 valence electrons. The minimum atomic E-state index is -0.398. The maximum Gasteiger partial charge on any atom is 0.330 e. The van der Waals surface area contributed by atoms with Crippen LogP contribution in [0.2, 0.25) is 0 Å². The highest BCUT2D eigenvalue weighted by atomic mass is 16.7. The zero-order valence-corrected chi connectivity index (χ0v) is 12.9. The summed E-state index contributed by atoms with van der Waals surface area (Å²) in [6.45, 7) is 0.234. The first kappa shape index (κ1) is 15.0. The van der Waals surface area contributed by atoms with E-state index >= 15 is 0 Å². The molecular weight excluding hydrogens is 296 g/mol. The summed E-state index contributed by atoms with van der Waals surface area (Å²) in [5.74, 6) is 1.78. The molecule has 5 nitrogen and oxygen atoms in total. The molecule has 0 atom stereocenters. The molecule has 0 saturated heterocycles. The van der Waals surface area contributed by atoms with Crippen molar-refractivity contribution in [3.8, 4) is 28.4 Å². The van der Waals surface area contributed by atoms with Crippen molar-refractivity contribution in [3.63, 3.8) is 0 Å². The Morgan fingerprint density at radius 2 is 1.91 bits per heavy atom. The molecule has 0 aliphatic carbocycles. The Morgan fingerprint density at radius 1 is 1.09 bits per heavy atom. The predicted molar refractivity (Wildman–Crippen MR) is 85.6 cm³/mol. The zero-order valence-electron chi connectivity index (χ0n) is 12.9. The van der Waals surface area contributed by atoms with Crippen LogP contribution < -0.4 is 14.2 Å². The Balaban J connectivity index is 1.99. The first-order chi connectivity index (χ1) is 11.2. The fourth-order valence-corrected chi connectivity index (χ4v) is 2.35. The number of carbonyl (C=O) groups excluding carboxylic acids is 1. The van der Waals surface area contributed by atoms with Gasteiger partial charge in [-0.25, -0.2) is 4.79 Å². The van der Waals surface area contributed by atoms with Gasteiger partial charge in [0.2, 0.25) is 6.79 Å². The Bertz CT molecular complexity index is 764. The maximum absolute atomic E-state index is 11.2. The third-order valence-corrected chi connectivity index (χ3v) is 3.52. The van der Waals surface area contributed by atoms with Crippen LogP contribution in [-0.2, 0) is 9.53 Å². The lowest BCUT2D eigenvalue weighted by molar-refractivity contribution is -0.134. The summed E-state index contributed by atoms with van der Waals surface area (Å²) in [5, 5.41) is 0. The molecular formula is C18H16O5. The van der Waals surface area contributed by atoms with Crippen molar-refractivity contribution in [1.29, 1.82) is 0 Å². The van der Waals surface area contributed by atoms with E-state index in [2.05, 4.69) is 4.74 Å². The largest absolute Gasteiger partial charge is 0.496 e. The molecule has 0 bridgehead atoms. The van der Waals surface area contributed by atoms with Gasteiger partial charge in [-0.3, -0.25) is 0 Å². The van der Waals surface area contributed by atoms with Crippen LogP contribution in [0.15, 0.2) is 42.5 Å². The van der Waals surface area contributed by atoms with E-state index in [9.17, 15) is 4.79 Å². The van der Waals surface area contributed by atoms with E-state index in [1.807, 2.05) is 36.4 Å². The Morgan fingerprint density at radius 3 is 2.70 bits per heavy atom. The van der Waals surface area contributed by atoms with E-state index in [0.29, 0.717) is 5.75 Å². The molecule has 1 aliphatic rings. The van der Waals surface area contributed by atoms with Crippen molar-refractivity contribution in [2.75, 3.05) is 21.0 Å². The molecule has 23 heavy (non-hydrogen) atoms. The molecule has 0 saturated carbocycles. The van der Waals surface area contributed by atoms with E-state index in [1.165, 1.54) is 13.2 Å². The molecule has 0 fully saturated rings. The van der Waals surface area contributed by atoms with Crippen molar-refractivity contribution < 1.29 is 23.7 Å². The molecule has 2 aromatic rings. The molecule has 5 heteroatoms. The molecule has 0 unspecified atom stereocenters. The number of hydrogen-bond donors (Lipinski definition) is 0. The van der Waals surface area contributed by atoms with Gasteiger partial charge in [-0.1, -0.05) is 12.1 Å². The molecule has 0 spiro atoms. The van der Waals surface area contributed by atoms with Crippen LogP contribution >= 0.6 is 0 Å². The molecule has 0 aromatic heterocycles. The summed E-state index contributed by atoms with van der Waals surface area (Å²) in [4.78, 5) is 11.2. The average Bonchev–Trinajstić information content (AvgIpc) is 3.07. The highest BCUT2D eigenvalue weighted by molar-refractivity contribution is 5.87. The van der Waals surface area contributed by atoms with Crippen LogP contribution in [0, 0.1) is 0 Å². The molecule has 0 radical (unpaired) electrons. The second kappa shape index (κ2) is 6.44. The Kier molecular flexibility index (Phi) is 4.19. The summed E-state index contributed by atoms with van der Waals surface area (Å²) in [6.07, 6.45) is 3.08. The number of benzene rings is 2. The summed E-state index contributed by atoms with van der Waals surface area (Å²) >= 11 is 0. The Labute approximate surface area is 134 Å². The van der Waals surface area contributed by atoms with E-state index in [0.717, 1.165) is 28.2 Å². The molecule has 2 aromatic carbocycles. The lowest BCUT2D eigenvalue weighted by Crippen LogP contribution is -1.94. The van der Waals surface area contributed by atoms with Crippen molar-refractivity contribution in [2.24, 2.45) is 0 Å². The first-order valence-corrected chi connectivity index (χ1v) is 7.05. The second-order valence-electron chi connectivity index (χ2n) is 4.88. The van der Waals surface area contributed by atoms with Crippen LogP contribution in [0.3, 0.4) is 0 Å². The standard InChI is InChI=1S/C18H16O5/c1-20-15-6-3-12(4-8-18(19)21-2)9-14(15)13-5-7-16-17(10-13)23-11-22-16/h3-10H,11H2,1-2H3/b8-4+. The first-order valence-electron chi connectivity index (χ1n) is 7.05. The van der Waals surface area contributed by atoms with E-state index in [-0.39, 0.29) is 6.79 Å². The fraction of sp³-hybridized carbons (Fsp3) is 0.167. The molecule has 1 heterocycles. The topological polar surface area (TPSA) is 54.0 Å². The second-order valence-corrected chi connectivity index (χ2v) is 4.88. The normalized spacial score (nSPS) is 12.4. The van der Waals surface area contributed by atoms with Crippen LogP contribution in [0.5, 0.6) is 17.2 Å². The van der Waals surface area contributed by atoms with Crippen molar-refractivity contribution >= 4 is 12.0 Å². The van der Waals surface area contributed by atoms with Gasteiger partial charge >= 0.3 is 5.97 Å². The van der Waals surface area contributed by atoms with Gasteiger partial charge in [0.25, 0.3) is 0 Å². The predicted octanol–water partition coefficient (Wildman–Crippen LogP) is 3.28. The zero-order chi connectivity index (χ0) is 16.2. The monoisotopic (exact) mass is 312 g/mol. The molecule has 3 rings (SSSR count). The third kappa shape index (κ3) is 3.13. The maximum atomic E-state index is 11.2. The van der Waals surface area contributed by atoms with Gasteiger partial charge in [-0.05, 0) is 41.5 Å². The van der Waals surface area contributed by atoms with Gasteiger partial charge < -0.3 is 18.9 Å². The lowest BCUT2D eigenvalue weighted by atomic mass is 10.0. The van der Waals surface area contributed by atoms with Gasteiger partial charge in [-0.2, -0.15) is 0 Å². The van der Waals surface area contributed by atoms with Crippen LogP contribution in [0.25, 0.3) is 17.2 Å². The fourth-order valence-electron chi connectivity index (χ4n) is 2.35. The molecule has 0 amide bonds. The number of esters is 1.